The summed E-state index contributed by atoms with van der Waals surface area (Å²) >= 11 is 7.28. The van der Waals surface area contributed by atoms with E-state index in [4.69, 9.17) is 11.6 Å². The average Bonchev–Trinajstić information content (AvgIpc) is 3.10. The molecule has 1 N–H and O–H groups in total. The van der Waals surface area contributed by atoms with Crippen LogP contribution in [0.1, 0.15) is 31.4 Å². The number of carbonyl (C=O) groups excluding carboxylic acids is 2. The smallest absolute Gasteiger partial charge is 0.276 e. The standard InChI is InChI=1S/C19H15ClN4O2S/c20-13-6-4-12(5-7-13)18(26)24-10-8-14-16(11-24)27-19(22-14)23-17(25)15-3-1-2-9-21-15/h1-7,9H,8,10-11H2,(H,22,23,25). The van der Waals surface area contributed by atoms with Crippen LogP contribution in [0.3, 0.4) is 0 Å². The molecule has 0 aliphatic carbocycles. The second kappa shape index (κ2) is 7.46. The molecule has 136 valence electrons. The molecule has 6 nitrogen and oxygen atoms in total. The lowest BCUT2D eigenvalue weighted by atomic mass is 10.1. The van der Waals surface area contributed by atoms with E-state index in [1.165, 1.54) is 11.3 Å². The van der Waals surface area contributed by atoms with Crippen LogP contribution >= 0.6 is 22.9 Å². The van der Waals surface area contributed by atoms with E-state index in [0.29, 0.717) is 40.9 Å². The van der Waals surface area contributed by atoms with Gasteiger partial charge in [-0.2, -0.15) is 0 Å². The number of thiazole rings is 1. The highest BCUT2D eigenvalue weighted by molar-refractivity contribution is 7.15. The van der Waals surface area contributed by atoms with Crippen molar-refractivity contribution < 1.29 is 9.59 Å². The number of rotatable bonds is 3. The zero-order valence-corrected chi connectivity index (χ0v) is 15.8. The number of nitrogens with zero attached hydrogens (tertiary/aromatic N) is 3. The number of benzene rings is 1. The number of nitrogens with one attached hydrogen (secondary N) is 1. The first-order valence-electron chi connectivity index (χ1n) is 8.36. The summed E-state index contributed by atoms with van der Waals surface area (Å²) in [6.07, 6.45) is 2.23. The van der Waals surface area contributed by atoms with Crippen LogP contribution in [-0.2, 0) is 13.0 Å². The van der Waals surface area contributed by atoms with Crippen molar-refractivity contribution in [2.24, 2.45) is 0 Å². The van der Waals surface area contributed by atoms with Crippen molar-refractivity contribution in [1.82, 2.24) is 14.9 Å². The first-order chi connectivity index (χ1) is 13.1. The number of aromatic nitrogens is 2. The number of amides is 2. The Bertz CT molecular complexity index is 989. The maximum atomic E-state index is 12.7. The zero-order valence-electron chi connectivity index (χ0n) is 14.2. The molecule has 0 saturated carbocycles. The van der Waals surface area contributed by atoms with Crippen LogP contribution in [0.25, 0.3) is 0 Å². The molecule has 0 atom stereocenters. The van der Waals surface area contributed by atoms with E-state index in [0.717, 1.165) is 10.6 Å². The lowest BCUT2D eigenvalue weighted by Crippen LogP contribution is -2.35. The Morgan fingerprint density at radius 2 is 1.96 bits per heavy atom. The normalized spacial score (nSPS) is 13.1. The lowest BCUT2D eigenvalue weighted by Gasteiger charge is -2.26. The van der Waals surface area contributed by atoms with Crippen LogP contribution in [-0.4, -0.2) is 33.2 Å². The number of anilines is 1. The van der Waals surface area contributed by atoms with Gasteiger partial charge >= 0.3 is 0 Å². The van der Waals surface area contributed by atoms with Crippen molar-refractivity contribution in [2.75, 3.05) is 11.9 Å². The molecule has 3 aromatic rings. The van der Waals surface area contributed by atoms with Gasteiger partial charge in [-0.3, -0.25) is 19.9 Å². The van der Waals surface area contributed by atoms with Gasteiger partial charge in [0.2, 0.25) is 0 Å². The van der Waals surface area contributed by atoms with E-state index in [9.17, 15) is 9.59 Å². The maximum absolute atomic E-state index is 12.7. The number of hydrogen-bond acceptors (Lipinski definition) is 5. The summed E-state index contributed by atoms with van der Waals surface area (Å²) < 4.78 is 0. The Balaban J connectivity index is 1.47. The molecule has 8 heteroatoms. The van der Waals surface area contributed by atoms with Gasteiger partial charge in [0.25, 0.3) is 11.8 Å². The van der Waals surface area contributed by atoms with Gasteiger partial charge in [-0.15, -0.1) is 0 Å². The molecular weight excluding hydrogens is 384 g/mol. The van der Waals surface area contributed by atoms with Gasteiger partial charge in [0, 0.05) is 34.6 Å². The Labute approximate surface area is 164 Å². The van der Waals surface area contributed by atoms with Gasteiger partial charge in [0.1, 0.15) is 5.69 Å². The quantitative estimate of drug-likeness (QED) is 0.730. The minimum absolute atomic E-state index is 0.0372. The fourth-order valence-electron chi connectivity index (χ4n) is 2.86. The van der Waals surface area contributed by atoms with Crippen molar-refractivity contribution in [2.45, 2.75) is 13.0 Å². The fourth-order valence-corrected chi connectivity index (χ4v) is 4.00. The van der Waals surface area contributed by atoms with Gasteiger partial charge in [0.15, 0.2) is 5.13 Å². The van der Waals surface area contributed by atoms with Crippen LogP contribution in [0.2, 0.25) is 5.02 Å². The predicted molar refractivity (Wildman–Crippen MR) is 104 cm³/mol. The molecule has 0 saturated heterocycles. The Hall–Kier alpha value is -2.77. The molecule has 0 spiro atoms. The summed E-state index contributed by atoms with van der Waals surface area (Å²) in [4.78, 5) is 36.2. The van der Waals surface area contributed by atoms with E-state index in [-0.39, 0.29) is 11.8 Å². The summed E-state index contributed by atoms with van der Waals surface area (Å²) in [5.41, 5.74) is 1.87. The van der Waals surface area contributed by atoms with Crippen LogP contribution in [0, 0.1) is 0 Å². The van der Waals surface area contributed by atoms with Gasteiger partial charge in [0.05, 0.1) is 12.2 Å². The topological polar surface area (TPSA) is 75.2 Å². The third-order valence-corrected chi connectivity index (χ3v) is 5.48. The Morgan fingerprint density at radius 3 is 2.70 bits per heavy atom. The molecule has 4 rings (SSSR count). The summed E-state index contributed by atoms with van der Waals surface area (Å²) in [6.45, 7) is 1.07. The molecule has 0 unspecified atom stereocenters. The third kappa shape index (κ3) is 3.84. The van der Waals surface area contributed by atoms with E-state index in [2.05, 4.69) is 15.3 Å². The zero-order chi connectivity index (χ0) is 18.8. The Morgan fingerprint density at radius 1 is 1.15 bits per heavy atom. The summed E-state index contributed by atoms with van der Waals surface area (Å²) in [7, 11) is 0. The van der Waals surface area contributed by atoms with E-state index in [1.807, 2.05) is 0 Å². The van der Waals surface area contributed by atoms with Crippen molar-refractivity contribution in [1.29, 1.82) is 0 Å². The van der Waals surface area contributed by atoms with Gasteiger partial charge in [-0.05, 0) is 36.4 Å². The monoisotopic (exact) mass is 398 g/mol. The van der Waals surface area contributed by atoms with Gasteiger partial charge in [-0.1, -0.05) is 29.0 Å². The van der Waals surface area contributed by atoms with Crippen LogP contribution in [0.4, 0.5) is 5.13 Å². The summed E-state index contributed by atoms with van der Waals surface area (Å²) in [5.74, 6) is -0.333. The summed E-state index contributed by atoms with van der Waals surface area (Å²) in [6, 6.07) is 12.0. The summed E-state index contributed by atoms with van der Waals surface area (Å²) in [5, 5.41) is 3.91. The van der Waals surface area contributed by atoms with Crippen LogP contribution < -0.4 is 5.32 Å². The van der Waals surface area contributed by atoms with Crippen molar-refractivity contribution in [3.63, 3.8) is 0 Å². The second-order valence-corrected chi connectivity index (χ2v) is 7.56. The number of hydrogen-bond donors (Lipinski definition) is 1. The predicted octanol–water partition coefficient (Wildman–Crippen LogP) is 3.64. The van der Waals surface area contributed by atoms with Crippen molar-refractivity contribution >= 4 is 39.9 Å². The molecule has 0 fully saturated rings. The average molecular weight is 399 g/mol. The second-order valence-electron chi connectivity index (χ2n) is 6.04. The molecule has 1 aliphatic heterocycles. The van der Waals surface area contributed by atoms with E-state index < -0.39 is 0 Å². The molecule has 1 aliphatic rings. The fraction of sp³-hybridized carbons (Fsp3) is 0.158. The molecule has 0 radical (unpaired) electrons. The number of carbonyl (C=O) groups is 2. The van der Waals surface area contributed by atoms with Gasteiger partial charge < -0.3 is 4.90 Å². The third-order valence-electron chi connectivity index (χ3n) is 4.23. The van der Waals surface area contributed by atoms with Crippen molar-refractivity contribution in [3.8, 4) is 0 Å². The van der Waals surface area contributed by atoms with Gasteiger partial charge in [-0.25, -0.2) is 4.98 Å². The number of pyridine rings is 1. The van der Waals surface area contributed by atoms with Crippen molar-refractivity contribution in [3.05, 3.63) is 75.5 Å². The molecule has 1 aromatic carbocycles. The lowest BCUT2D eigenvalue weighted by molar-refractivity contribution is 0.0736. The molecule has 2 aromatic heterocycles. The molecule has 27 heavy (non-hydrogen) atoms. The SMILES string of the molecule is O=C(Nc1nc2c(s1)CN(C(=O)c1ccc(Cl)cc1)CC2)c1ccccn1. The first kappa shape index (κ1) is 17.6. The first-order valence-corrected chi connectivity index (χ1v) is 9.55. The highest BCUT2D eigenvalue weighted by Gasteiger charge is 2.25. The largest absolute Gasteiger partial charge is 0.333 e. The number of halogens is 1. The molecular formula is C19H15ClN4O2S. The number of fused-ring (bicyclic) bond motifs is 1. The van der Waals surface area contributed by atoms with Crippen LogP contribution in [0.5, 0.6) is 0 Å². The van der Waals surface area contributed by atoms with Crippen LogP contribution in [0.15, 0.2) is 48.7 Å². The van der Waals surface area contributed by atoms with E-state index >= 15 is 0 Å². The highest BCUT2D eigenvalue weighted by atomic mass is 35.5. The Kier molecular flexibility index (Phi) is 4.87. The molecule has 2 amide bonds. The molecule has 3 heterocycles. The highest BCUT2D eigenvalue weighted by Crippen LogP contribution is 2.29. The maximum Gasteiger partial charge on any atom is 0.276 e. The minimum atomic E-state index is -0.296. The minimum Gasteiger partial charge on any atom is -0.333 e. The van der Waals surface area contributed by atoms with E-state index in [1.54, 1.807) is 53.6 Å². The molecule has 0 bridgehead atoms.